The molecule has 0 saturated heterocycles. The Morgan fingerprint density at radius 2 is 2.00 bits per heavy atom. The van der Waals surface area contributed by atoms with Crippen molar-refractivity contribution in [1.82, 2.24) is 4.57 Å². The number of amides is 2. The van der Waals surface area contributed by atoms with Crippen molar-refractivity contribution >= 4 is 22.8 Å². The number of fused-ring (bicyclic) bond motifs is 3. The highest BCUT2D eigenvalue weighted by Crippen LogP contribution is 2.37. The highest BCUT2D eigenvalue weighted by molar-refractivity contribution is 5.98. The third-order valence-electron chi connectivity index (χ3n) is 4.47. The van der Waals surface area contributed by atoms with E-state index in [9.17, 15) is 4.79 Å². The van der Waals surface area contributed by atoms with Gasteiger partial charge in [0.15, 0.2) is 0 Å². The van der Waals surface area contributed by atoms with Gasteiger partial charge in [-0.15, -0.1) is 0 Å². The molecule has 2 heterocycles. The maximum absolute atomic E-state index is 11.9. The number of hydrogen-bond donors (Lipinski definition) is 1. The molecule has 0 aliphatic carbocycles. The smallest absolute Gasteiger partial charge is 0.320 e. The fourth-order valence-electron chi connectivity index (χ4n) is 3.49. The number of aromatic nitrogens is 1. The lowest BCUT2D eigenvalue weighted by atomic mass is 10.0. The van der Waals surface area contributed by atoms with Gasteiger partial charge in [-0.3, -0.25) is 4.90 Å². The van der Waals surface area contributed by atoms with Gasteiger partial charge in [0.05, 0.1) is 5.52 Å². The SMILES string of the molecule is NC(=O)N1CCCc2c1n(Cc1ccccc1)c1[c]cccc21. The Morgan fingerprint density at radius 1 is 1.17 bits per heavy atom. The minimum absolute atomic E-state index is 0.386. The van der Waals surface area contributed by atoms with Crippen LogP contribution in [0.1, 0.15) is 17.5 Å². The molecule has 1 radical (unpaired) electrons. The second kappa shape index (κ2) is 5.47. The standard InChI is InChI=1S/C19H18N3O/c20-19(23)21-12-6-10-16-15-9-4-5-11-17(15)22(18(16)21)13-14-7-2-1-3-8-14/h1-5,7-9H,6,10,12-13H2,(H2,20,23). The molecule has 0 bridgehead atoms. The van der Waals surface area contributed by atoms with Gasteiger partial charge in [-0.2, -0.15) is 0 Å². The van der Waals surface area contributed by atoms with Crippen molar-refractivity contribution in [2.24, 2.45) is 5.73 Å². The second-order valence-corrected chi connectivity index (χ2v) is 5.90. The van der Waals surface area contributed by atoms with Crippen LogP contribution in [0.3, 0.4) is 0 Å². The zero-order chi connectivity index (χ0) is 15.8. The lowest BCUT2D eigenvalue weighted by Crippen LogP contribution is -2.40. The van der Waals surface area contributed by atoms with E-state index in [1.54, 1.807) is 4.90 Å². The van der Waals surface area contributed by atoms with Crippen LogP contribution in [-0.4, -0.2) is 17.1 Å². The minimum Gasteiger partial charge on any atom is -0.351 e. The van der Waals surface area contributed by atoms with E-state index in [1.807, 2.05) is 30.3 Å². The highest BCUT2D eigenvalue weighted by atomic mass is 16.2. The Balaban J connectivity index is 1.94. The van der Waals surface area contributed by atoms with Gasteiger partial charge in [0, 0.05) is 30.1 Å². The quantitative estimate of drug-likeness (QED) is 0.776. The fraction of sp³-hybridized carbons (Fsp3) is 0.211. The van der Waals surface area contributed by atoms with E-state index in [-0.39, 0.29) is 6.03 Å². The van der Waals surface area contributed by atoms with Crippen LogP contribution in [-0.2, 0) is 13.0 Å². The normalized spacial score (nSPS) is 14.0. The number of benzene rings is 2. The number of carbonyl (C=O) groups excluding carboxylic acids is 1. The summed E-state index contributed by atoms with van der Waals surface area (Å²) >= 11 is 0. The first-order valence-corrected chi connectivity index (χ1v) is 7.88. The van der Waals surface area contributed by atoms with Crippen LogP contribution in [0.25, 0.3) is 10.9 Å². The number of rotatable bonds is 2. The molecule has 4 heteroatoms. The van der Waals surface area contributed by atoms with E-state index >= 15 is 0 Å². The van der Waals surface area contributed by atoms with Crippen molar-refractivity contribution in [2.45, 2.75) is 19.4 Å². The summed E-state index contributed by atoms with van der Waals surface area (Å²) in [6.07, 6.45) is 1.91. The zero-order valence-corrected chi connectivity index (χ0v) is 12.8. The van der Waals surface area contributed by atoms with Gasteiger partial charge in [-0.25, -0.2) is 4.79 Å². The van der Waals surface area contributed by atoms with E-state index in [1.165, 1.54) is 16.5 Å². The summed E-state index contributed by atoms with van der Waals surface area (Å²) in [5.74, 6) is 0.935. The number of nitrogens with zero attached hydrogens (tertiary/aromatic N) is 2. The molecule has 0 fully saturated rings. The Labute approximate surface area is 135 Å². The second-order valence-electron chi connectivity index (χ2n) is 5.90. The molecule has 0 spiro atoms. The first-order chi connectivity index (χ1) is 11.3. The van der Waals surface area contributed by atoms with Crippen LogP contribution >= 0.6 is 0 Å². The van der Waals surface area contributed by atoms with Gasteiger partial charge in [-0.1, -0.05) is 48.5 Å². The molecule has 1 aliphatic rings. The summed E-state index contributed by atoms with van der Waals surface area (Å²) in [5.41, 5.74) is 9.07. The molecule has 115 valence electrons. The third kappa shape index (κ3) is 2.27. The Bertz CT molecular complexity index is 867. The average molecular weight is 304 g/mol. The molecular weight excluding hydrogens is 286 g/mol. The first kappa shape index (κ1) is 13.9. The van der Waals surface area contributed by atoms with Gasteiger partial charge in [-0.05, 0) is 18.4 Å². The van der Waals surface area contributed by atoms with E-state index in [0.717, 1.165) is 24.2 Å². The molecule has 1 aromatic heterocycles. The summed E-state index contributed by atoms with van der Waals surface area (Å²) < 4.78 is 2.17. The predicted octanol–water partition coefficient (Wildman–Crippen LogP) is 3.32. The van der Waals surface area contributed by atoms with E-state index in [0.29, 0.717) is 13.1 Å². The topological polar surface area (TPSA) is 51.3 Å². The van der Waals surface area contributed by atoms with Crippen LogP contribution in [0, 0.1) is 6.07 Å². The predicted molar refractivity (Wildman–Crippen MR) is 91.6 cm³/mol. The summed E-state index contributed by atoms with van der Waals surface area (Å²) in [5, 5.41) is 1.17. The molecule has 2 amide bonds. The molecule has 0 unspecified atom stereocenters. The largest absolute Gasteiger partial charge is 0.351 e. The van der Waals surface area contributed by atoms with Gasteiger partial charge < -0.3 is 10.3 Å². The Kier molecular flexibility index (Phi) is 3.30. The highest BCUT2D eigenvalue weighted by Gasteiger charge is 2.28. The van der Waals surface area contributed by atoms with Crippen molar-refractivity contribution in [3.8, 4) is 0 Å². The number of nitrogens with two attached hydrogens (primary N) is 1. The van der Waals surface area contributed by atoms with Gasteiger partial charge in [0.1, 0.15) is 5.82 Å². The molecule has 2 N–H and O–H groups in total. The zero-order valence-electron chi connectivity index (χ0n) is 12.8. The Hall–Kier alpha value is -2.75. The fourth-order valence-corrected chi connectivity index (χ4v) is 3.49. The van der Waals surface area contributed by atoms with E-state index in [4.69, 9.17) is 5.73 Å². The van der Waals surface area contributed by atoms with Gasteiger partial charge >= 0.3 is 6.03 Å². The van der Waals surface area contributed by atoms with Crippen molar-refractivity contribution in [3.63, 3.8) is 0 Å². The summed E-state index contributed by atoms with van der Waals surface area (Å²) in [6, 6.07) is 19.2. The number of anilines is 1. The average Bonchev–Trinajstić information content (AvgIpc) is 2.90. The van der Waals surface area contributed by atoms with Crippen molar-refractivity contribution < 1.29 is 4.79 Å². The number of urea groups is 1. The molecule has 4 nitrogen and oxygen atoms in total. The lowest BCUT2D eigenvalue weighted by molar-refractivity contribution is 0.253. The maximum atomic E-state index is 11.9. The van der Waals surface area contributed by atoms with Gasteiger partial charge in [0.25, 0.3) is 0 Å². The molecule has 0 atom stereocenters. The molecular formula is C19H18N3O. The maximum Gasteiger partial charge on any atom is 0.320 e. The summed E-state index contributed by atoms with van der Waals surface area (Å²) in [7, 11) is 0. The van der Waals surface area contributed by atoms with Gasteiger partial charge in [0.2, 0.25) is 0 Å². The van der Waals surface area contributed by atoms with Crippen molar-refractivity contribution in [2.75, 3.05) is 11.4 Å². The number of aryl methyl sites for hydroxylation is 1. The molecule has 0 saturated carbocycles. The Morgan fingerprint density at radius 3 is 2.78 bits per heavy atom. The lowest BCUT2D eigenvalue weighted by Gasteiger charge is -2.28. The van der Waals surface area contributed by atoms with Crippen molar-refractivity contribution in [3.05, 3.63) is 65.7 Å². The first-order valence-electron chi connectivity index (χ1n) is 7.88. The van der Waals surface area contributed by atoms with Crippen LogP contribution in [0.5, 0.6) is 0 Å². The van der Waals surface area contributed by atoms with Crippen LogP contribution < -0.4 is 10.6 Å². The molecule has 4 rings (SSSR count). The number of carbonyl (C=O) groups is 1. The van der Waals surface area contributed by atoms with Crippen LogP contribution in [0.15, 0.2) is 48.5 Å². The number of primary amides is 1. The molecule has 23 heavy (non-hydrogen) atoms. The molecule has 2 aromatic carbocycles. The third-order valence-corrected chi connectivity index (χ3v) is 4.47. The summed E-state index contributed by atoms with van der Waals surface area (Å²) in [6.45, 7) is 1.38. The van der Waals surface area contributed by atoms with E-state index < -0.39 is 0 Å². The van der Waals surface area contributed by atoms with E-state index in [2.05, 4.69) is 28.8 Å². The van der Waals surface area contributed by atoms with Crippen LogP contribution in [0.4, 0.5) is 10.6 Å². The minimum atomic E-state index is -0.386. The van der Waals surface area contributed by atoms with Crippen molar-refractivity contribution in [1.29, 1.82) is 0 Å². The van der Waals surface area contributed by atoms with Crippen LogP contribution in [0.2, 0.25) is 0 Å². The number of hydrogen-bond acceptors (Lipinski definition) is 1. The summed E-state index contributed by atoms with van der Waals surface area (Å²) in [4.78, 5) is 13.6. The molecule has 3 aromatic rings. The molecule has 1 aliphatic heterocycles. The number of para-hydroxylation sites is 1. The monoisotopic (exact) mass is 304 g/mol.